The summed E-state index contributed by atoms with van der Waals surface area (Å²) in [5.74, 6) is 1.18. The van der Waals surface area contributed by atoms with Gasteiger partial charge in [0.1, 0.15) is 15.6 Å². The molecule has 162 valence electrons. The highest BCUT2D eigenvalue weighted by atomic mass is 79.9. The summed E-state index contributed by atoms with van der Waals surface area (Å²) in [7, 11) is 3.45. The Bertz CT molecular complexity index is 1190. The number of aliphatic hydroxyl groups is 1. The van der Waals surface area contributed by atoms with Crippen LogP contribution in [0.25, 0.3) is 28.5 Å². The predicted molar refractivity (Wildman–Crippen MR) is 123 cm³/mol. The van der Waals surface area contributed by atoms with Gasteiger partial charge in [0, 0.05) is 49.7 Å². The summed E-state index contributed by atoms with van der Waals surface area (Å²) in [6.45, 7) is 5.86. The van der Waals surface area contributed by atoms with Crippen molar-refractivity contribution in [2.75, 3.05) is 13.7 Å². The largest absolute Gasteiger partial charge is 0.481 e. The minimum atomic E-state index is 0.137. The number of fused-ring (bicyclic) bond motifs is 1. The third kappa shape index (κ3) is 5.15. The van der Waals surface area contributed by atoms with Crippen LogP contribution in [0.4, 0.5) is 0 Å². The molecular formula is C21H24BrN7O2. The first-order valence-electron chi connectivity index (χ1n) is 9.66. The summed E-state index contributed by atoms with van der Waals surface area (Å²) in [5.41, 5.74) is 5.39. The van der Waals surface area contributed by atoms with Crippen LogP contribution in [0, 0.1) is 0 Å². The van der Waals surface area contributed by atoms with Crippen molar-refractivity contribution in [1.82, 2.24) is 34.9 Å². The standard InChI is InChI=1S/C13H12BrN5O.C8H12N2O/c1-3-7-5-15-10(20-2)4-8(7)13-16-6-9-11(17-13)12(14)19-18-9;1-3-7-6-10(2)9-8(7)4-5-11/h4-6H,3H2,1-2H3,(H,18,19);3,6,11H,1,4-5H2,2H3. The second kappa shape index (κ2) is 10.3. The number of nitrogens with zero attached hydrogens (tertiary/aromatic N) is 6. The quantitative estimate of drug-likeness (QED) is 0.430. The first-order valence-corrected chi connectivity index (χ1v) is 10.5. The van der Waals surface area contributed by atoms with Gasteiger partial charge in [-0.05, 0) is 27.9 Å². The van der Waals surface area contributed by atoms with Gasteiger partial charge in [0.25, 0.3) is 0 Å². The van der Waals surface area contributed by atoms with Crippen LogP contribution in [0.5, 0.6) is 5.88 Å². The van der Waals surface area contributed by atoms with Gasteiger partial charge in [-0.15, -0.1) is 0 Å². The number of H-pyrrole nitrogens is 1. The summed E-state index contributed by atoms with van der Waals surface area (Å²) in [6.07, 6.45) is 8.58. The van der Waals surface area contributed by atoms with Crippen molar-refractivity contribution in [3.8, 4) is 17.3 Å². The van der Waals surface area contributed by atoms with Gasteiger partial charge in [0.15, 0.2) is 5.82 Å². The molecule has 2 N–H and O–H groups in total. The first-order chi connectivity index (χ1) is 15.0. The molecule has 10 heteroatoms. The third-order valence-corrected chi connectivity index (χ3v) is 5.10. The van der Waals surface area contributed by atoms with E-state index in [0.717, 1.165) is 44.4 Å². The van der Waals surface area contributed by atoms with E-state index in [0.29, 0.717) is 18.1 Å². The fraction of sp³-hybridized carbons (Fsp3) is 0.286. The van der Waals surface area contributed by atoms with Crippen molar-refractivity contribution >= 4 is 33.0 Å². The lowest BCUT2D eigenvalue weighted by Crippen LogP contribution is -1.97. The smallest absolute Gasteiger partial charge is 0.213 e. The molecule has 31 heavy (non-hydrogen) atoms. The molecule has 0 saturated carbocycles. The molecule has 4 rings (SSSR count). The maximum absolute atomic E-state index is 8.67. The number of pyridine rings is 1. The van der Waals surface area contributed by atoms with E-state index in [-0.39, 0.29) is 6.61 Å². The maximum atomic E-state index is 8.67. The molecule has 4 heterocycles. The molecule has 0 bridgehead atoms. The Labute approximate surface area is 188 Å². The van der Waals surface area contributed by atoms with Gasteiger partial charge in [-0.25, -0.2) is 15.0 Å². The molecule has 4 aromatic rings. The van der Waals surface area contributed by atoms with E-state index in [2.05, 4.69) is 59.7 Å². The number of halogens is 1. The second-order valence-electron chi connectivity index (χ2n) is 6.58. The summed E-state index contributed by atoms with van der Waals surface area (Å²) >= 11 is 3.39. The third-order valence-electron chi connectivity index (χ3n) is 4.55. The van der Waals surface area contributed by atoms with Crippen LogP contribution in [0.2, 0.25) is 0 Å². The number of ether oxygens (including phenoxy) is 1. The van der Waals surface area contributed by atoms with Crippen LogP contribution in [-0.4, -0.2) is 53.8 Å². The molecule has 4 aromatic heterocycles. The molecule has 0 aliphatic carbocycles. The van der Waals surface area contributed by atoms with E-state index in [1.807, 2.05) is 19.3 Å². The van der Waals surface area contributed by atoms with Crippen LogP contribution >= 0.6 is 15.9 Å². The van der Waals surface area contributed by atoms with Crippen LogP contribution in [0.3, 0.4) is 0 Å². The first kappa shape index (κ1) is 22.6. The second-order valence-corrected chi connectivity index (χ2v) is 7.38. The van der Waals surface area contributed by atoms with Gasteiger partial charge < -0.3 is 9.84 Å². The highest BCUT2D eigenvalue weighted by Gasteiger charge is 2.12. The highest BCUT2D eigenvalue weighted by molar-refractivity contribution is 9.10. The molecule has 0 fully saturated rings. The molecule has 0 aromatic carbocycles. The molecule has 0 aliphatic heterocycles. The van der Waals surface area contributed by atoms with Crippen molar-refractivity contribution in [2.45, 2.75) is 19.8 Å². The van der Waals surface area contributed by atoms with Crippen molar-refractivity contribution < 1.29 is 9.84 Å². The van der Waals surface area contributed by atoms with E-state index in [4.69, 9.17) is 9.84 Å². The number of hydrogen-bond acceptors (Lipinski definition) is 7. The maximum Gasteiger partial charge on any atom is 0.213 e. The summed E-state index contributed by atoms with van der Waals surface area (Å²) in [6, 6.07) is 1.86. The zero-order valence-electron chi connectivity index (χ0n) is 17.6. The molecule has 0 amide bonds. The van der Waals surface area contributed by atoms with E-state index in [1.165, 1.54) is 0 Å². The molecule has 0 spiro atoms. The number of nitrogens with one attached hydrogen (secondary N) is 1. The van der Waals surface area contributed by atoms with E-state index >= 15 is 0 Å². The zero-order chi connectivity index (χ0) is 22.4. The number of hydrogen-bond donors (Lipinski definition) is 2. The van der Waals surface area contributed by atoms with Crippen molar-refractivity contribution in [1.29, 1.82) is 0 Å². The minimum Gasteiger partial charge on any atom is -0.481 e. The molecule has 0 atom stereocenters. The van der Waals surface area contributed by atoms with Gasteiger partial charge >= 0.3 is 0 Å². The van der Waals surface area contributed by atoms with Gasteiger partial charge in [0.2, 0.25) is 5.88 Å². The molecular weight excluding hydrogens is 462 g/mol. The van der Waals surface area contributed by atoms with Gasteiger partial charge in [-0.3, -0.25) is 9.78 Å². The fourth-order valence-corrected chi connectivity index (χ4v) is 3.38. The van der Waals surface area contributed by atoms with E-state index < -0.39 is 0 Å². The van der Waals surface area contributed by atoms with Crippen LogP contribution in [0.15, 0.2) is 35.8 Å². The molecule has 0 aliphatic rings. The number of aromatic amines is 1. The Balaban J connectivity index is 0.000000210. The van der Waals surface area contributed by atoms with E-state index in [9.17, 15) is 0 Å². The van der Waals surface area contributed by atoms with Crippen LogP contribution in [0.1, 0.15) is 23.7 Å². The highest BCUT2D eigenvalue weighted by Crippen LogP contribution is 2.26. The Hall–Kier alpha value is -3.11. The Morgan fingerprint density at radius 1 is 1.32 bits per heavy atom. The number of rotatable bonds is 6. The minimum absolute atomic E-state index is 0.137. The zero-order valence-corrected chi connectivity index (χ0v) is 19.2. The summed E-state index contributed by atoms with van der Waals surface area (Å²) in [4.78, 5) is 13.1. The monoisotopic (exact) mass is 485 g/mol. The lowest BCUT2D eigenvalue weighted by molar-refractivity contribution is 0.298. The fourth-order valence-electron chi connectivity index (χ4n) is 3.00. The number of aromatic nitrogens is 7. The van der Waals surface area contributed by atoms with Crippen molar-refractivity contribution in [2.24, 2.45) is 7.05 Å². The molecule has 9 nitrogen and oxygen atoms in total. The Morgan fingerprint density at radius 2 is 2.13 bits per heavy atom. The van der Waals surface area contributed by atoms with Crippen LogP contribution < -0.4 is 4.74 Å². The van der Waals surface area contributed by atoms with Gasteiger partial charge in [0.05, 0.1) is 19.0 Å². The van der Waals surface area contributed by atoms with Gasteiger partial charge in [-0.2, -0.15) is 10.2 Å². The summed E-state index contributed by atoms with van der Waals surface area (Å²) in [5, 5.41) is 19.8. The van der Waals surface area contributed by atoms with Crippen LogP contribution in [-0.2, 0) is 19.9 Å². The molecule has 0 radical (unpaired) electrons. The average Bonchev–Trinajstić information content (AvgIpc) is 3.35. The number of aryl methyl sites for hydroxylation is 2. The molecule has 0 saturated heterocycles. The van der Waals surface area contributed by atoms with Gasteiger partial charge in [-0.1, -0.05) is 19.6 Å². The average molecular weight is 486 g/mol. The van der Waals surface area contributed by atoms with Crippen molar-refractivity contribution in [3.63, 3.8) is 0 Å². The Morgan fingerprint density at radius 3 is 2.81 bits per heavy atom. The van der Waals surface area contributed by atoms with E-state index in [1.54, 1.807) is 30.3 Å². The molecule has 0 unspecified atom stereocenters. The van der Waals surface area contributed by atoms with Crippen molar-refractivity contribution in [3.05, 3.63) is 52.7 Å². The number of aliphatic hydroxyl groups excluding tert-OH is 1. The SMILES string of the molecule is C=Cc1cn(C)nc1CCO.CCc1cnc(OC)cc1-c1ncc2n[nH]c(Br)c2n1. The normalized spacial score (nSPS) is 10.6. The number of methoxy groups -OCH3 is 1. The lowest BCUT2D eigenvalue weighted by atomic mass is 10.1. The summed E-state index contributed by atoms with van der Waals surface area (Å²) < 4.78 is 7.65. The lowest BCUT2D eigenvalue weighted by Gasteiger charge is -2.08. The topological polar surface area (TPSA) is 115 Å². The Kier molecular flexibility index (Phi) is 7.48. The predicted octanol–water partition coefficient (Wildman–Crippen LogP) is 3.35.